The Balaban J connectivity index is 2.30. The summed E-state index contributed by atoms with van der Waals surface area (Å²) in [7, 11) is 1.83. The topological polar surface area (TPSA) is 64.2 Å². The van der Waals surface area contributed by atoms with Gasteiger partial charge in [0.15, 0.2) is 0 Å². The SMILES string of the molecule is C[C@H]1C[C@H](N)C(=O)N1c1cnn(C)c1. The lowest BCUT2D eigenvalue weighted by atomic mass is 10.2. The molecule has 0 aromatic carbocycles. The molecule has 0 radical (unpaired) electrons. The van der Waals surface area contributed by atoms with Crippen LogP contribution in [0.15, 0.2) is 12.4 Å². The number of rotatable bonds is 1. The average molecular weight is 194 g/mol. The molecule has 1 aliphatic rings. The number of hydrogen-bond donors (Lipinski definition) is 1. The smallest absolute Gasteiger partial charge is 0.244 e. The van der Waals surface area contributed by atoms with Gasteiger partial charge < -0.3 is 10.6 Å². The number of carbonyl (C=O) groups is 1. The van der Waals surface area contributed by atoms with Crippen molar-refractivity contribution in [1.82, 2.24) is 9.78 Å². The van der Waals surface area contributed by atoms with E-state index in [1.807, 2.05) is 20.2 Å². The zero-order valence-corrected chi connectivity index (χ0v) is 8.34. The maximum absolute atomic E-state index is 11.7. The van der Waals surface area contributed by atoms with Crippen LogP contribution in [0.3, 0.4) is 0 Å². The second-order valence-electron chi connectivity index (χ2n) is 3.77. The van der Waals surface area contributed by atoms with E-state index in [4.69, 9.17) is 5.73 Å². The molecule has 14 heavy (non-hydrogen) atoms. The minimum absolute atomic E-state index is 0.00880. The molecule has 5 heteroatoms. The number of hydrogen-bond acceptors (Lipinski definition) is 3. The highest BCUT2D eigenvalue weighted by Crippen LogP contribution is 2.24. The molecule has 0 unspecified atom stereocenters. The fourth-order valence-electron chi connectivity index (χ4n) is 1.88. The molecule has 0 bridgehead atoms. The quantitative estimate of drug-likeness (QED) is 0.677. The van der Waals surface area contributed by atoms with Gasteiger partial charge in [-0.15, -0.1) is 0 Å². The van der Waals surface area contributed by atoms with Gasteiger partial charge in [-0.25, -0.2) is 0 Å². The Morgan fingerprint density at radius 3 is 2.79 bits per heavy atom. The van der Waals surface area contributed by atoms with E-state index in [0.29, 0.717) is 6.42 Å². The number of anilines is 1. The molecule has 1 aromatic rings. The summed E-state index contributed by atoms with van der Waals surface area (Å²) in [6, 6.07) is -0.188. The van der Waals surface area contributed by atoms with Gasteiger partial charge in [0.1, 0.15) is 0 Å². The highest BCUT2D eigenvalue weighted by Gasteiger charge is 2.35. The fraction of sp³-hybridized carbons (Fsp3) is 0.556. The van der Waals surface area contributed by atoms with Crippen LogP contribution in [-0.4, -0.2) is 27.8 Å². The van der Waals surface area contributed by atoms with Crippen LogP contribution in [0.25, 0.3) is 0 Å². The second-order valence-corrected chi connectivity index (χ2v) is 3.77. The number of amides is 1. The van der Waals surface area contributed by atoms with Gasteiger partial charge in [0.25, 0.3) is 0 Å². The van der Waals surface area contributed by atoms with Crippen molar-refractivity contribution in [3.63, 3.8) is 0 Å². The first-order chi connectivity index (χ1) is 6.59. The van der Waals surface area contributed by atoms with Gasteiger partial charge in [-0.2, -0.15) is 5.10 Å². The Morgan fingerprint density at radius 1 is 1.64 bits per heavy atom. The van der Waals surface area contributed by atoms with E-state index in [-0.39, 0.29) is 18.0 Å². The first-order valence-corrected chi connectivity index (χ1v) is 4.67. The normalized spacial score (nSPS) is 27.4. The minimum Gasteiger partial charge on any atom is -0.320 e. The summed E-state index contributed by atoms with van der Waals surface area (Å²) in [5.41, 5.74) is 6.52. The predicted octanol–water partition coefficient (Wildman–Crippen LogP) is -0.127. The Kier molecular flexibility index (Phi) is 2.03. The Labute approximate surface area is 82.5 Å². The zero-order valence-electron chi connectivity index (χ0n) is 8.34. The van der Waals surface area contributed by atoms with Crippen molar-refractivity contribution in [2.75, 3.05) is 4.90 Å². The number of nitrogens with two attached hydrogens (primary N) is 1. The van der Waals surface area contributed by atoms with Crippen molar-refractivity contribution in [2.24, 2.45) is 12.8 Å². The first kappa shape index (κ1) is 9.21. The van der Waals surface area contributed by atoms with Crippen LogP contribution in [0, 0.1) is 0 Å². The van der Waals surface area contributed by atoms with Crippen molar-refractivity contribution >= 4 is 11.6 Å². The highest BCUT2D eigenvalue weighted by molar-refractivity contribution is 5.99. The second kappa shape index (κ2) is 3.09. The maximum atomic E-state index is 11.7. The van der Waals surface area contributed by atoms with Gasteiger partial charge in [-0.3, -0.25) is 9.48 Å². The average Bonchev–Trinajstić information content (AvgIpc) is 2.60. The molecule has 1 aromatic heterocycles. The van der Waals surface area contributed by atoms with Crippen molar-refractivity contribution in [1.29, 1.82) is 0 Å². The summed E-state index contributed by atoms with van der Waals surface area (Å²) in [6.45, 7) is 2.00. The third-order valence-electron chi connectivity index (χ3n) is 2.56. The number of nitrogens with zero attached hydrogens (tertiary/aromatic N) is 3. The summed E-state index contributed by atoms with van der Waals surface area (Å²) in [5, 5.41) is 4.04. The zero-order chi connectivity index (χ0) is 10.3. The van der Waals surface area contributed by atoms with Gasteiger partial charge in [0.2, 0.25) is 5.91 Å². The Bertz CT molecular complexity index is 359. The lowest BCUT2D eigenvalue weighted by Gasteiger charge is -2.18. The number of carbonyl (C=O) groups excluding carboxylic acids is 1. The predicted molar refractivity (Wildman–Crippen MR) is 52.7 cm³/mol. The number of aryl methyl sites for hydroxylation is 1. The first-order valence-electron chi connectivity index (χ1n) is 4.67. The Hall–Kier alpha value is -1.36. The molecule has 2 atom stereocenters. The molecule has 1 saturated heterocycles. The van der Waals surface area contributed by atoms with E-state index < -0.39 is 0 Å². The molecule has 2 N–H and O–H groups in total. The van der Waals surface area contributed by atoms with E-state index in [2.05, 4.69) is 5.10 Å². The summed E-state index contributed by atoms with van der Waals surface area (Å²) >= 11 is 0. The van der Waals surface area contributed by atoms with Crippen molar-refractivity contribution < 1.29 is 4.79 Å². The van der Waals surface area contributed by atoms with Gasteiger partial charge in [-0.1, -0.05) is 0 Å². The third kappa shape index (κ3) is 1.29. The van der Waals surface area contributed by atoms with Crippen molar-refractivity contribution in [3.05, 3.63) is 12.4 Å². The molecule has 1 amide bonds. The molecule has 5 nitrogen and oxygen atoms in total. The van der Waals surface area contributed by atoms with Gasteiger partial charge >= 0.3 is 0 Å². The summed E-state index contributed by atoms with van der Waals surface area (Å²) in [6.07, 6.45) is 4.23. The monoisotopic (exact) mass is 194 g/mol. The minimum atomic E-state index is -0.356. The largest absolute Gasteiger partial charge is 0.320 e. The standard InChI is InChI=1S/C9H14N4O/c1-6-3-8(10)9(14)13(6)7-4-11-12(2)5-7/h4-6,8H,3,10H2,1-2H3/t6-,8-/m0/s1. The van der Waals surface area contributed by atoms with E-state index >= 15 is 0 Å². The molecule has 1 aliphatic heterocycles. The summed E-state index contributed by atoms with van der Waals surface area (Å²) < 4.78 is 1.68. The van der Waals surface area contributed by atoms with E-state index in [9.17, 15) is 4.79 Å². The molecule has 0 saturated carbocycles. The molecule has 1 fully saturated rings. The third-order valence-corrected chi connectivity index (χ3v) is 2.56. The molecule has 0 aliphatic carbocycles. The van der Waals surface area contributed by atoms with Crippen LogP contribution < -0.4 is 10.6 Å². The van der Waals surface area contributed by atoms with Gasteiger partial charge in [0.05, 0.1) is 17.9 Å². The van der Waals surface area contributed by atoms with E-state index in [1.54, 1.807) is 15.8 Å². The Morgan fingerprint density at radius 2 is 2.36 bits per heavy atom. The highest BCUT2D eigenvalue weighted by atomic mass is 16.2. The lowest BCUT2D eigenvalue weighted by molar-refractivity contribution is -0.118. The summed E-state index contributed by atoms with van der Waals surface area (Å²) in [5.74, 6) is -0.00880. The maximum Gasteiger partial charge on any atom is 0.244 e. The van der Waals surface area contributed by atoms with Crippen LogP contribution in [0.2, 0.25) is 0 Å². The van der Waals surface area contributed by atoms with Crippen molar-refractivity contribution in [3.8, 4) is 0 Å². The van der Waals surface area contributed by atoms with Crippen LogP contribution in [0.4, 0.5) is 5.69 Å². The van der Waals surface area contributed by atoms with Crippen LogP contribution >= 0.6 is 0 Å². The molecule has 76 valence electrons. The molecule has 2 rings (SSSR count). The molecular weight excluding hydrogens is 180 g/mol. The lowest BCUT2D eigenvalue weighted by Crippen LogP contribution is -2.35. The fourth-order valence-corrected chi connectivity index (χ4v) is 1.88. The van der Waals surface area contributed by atoms with Crippen LogP contribution in [-0.2, 0) is 11.8 Å². The molecular formula is C9H14N4O. The molecule has 0 spiro atoms. The van der Waals surface area contributed by atoms with E-state index in [0.717, 1.165) is 5.69 Å². The van der Waals surface area contributed by atoms with Gasteiger partial charge in [0, 0.05) is 19.3 Å². The summed E-state index contributed by atoms with van der Waals surface area (Å²) in [4.78, 5) is 13.4. The van der Waals surface area contributed by atoms with Crippen molar-refractivity contribution in [2.45, 2.75) is 25.4 Å². The van der Waals surface area contributed by atoms with E-state index in [1.165, 1.54) is 0 Å². The number of aromatic nitrogens is 2. The van der Waals surface area contributed by atoms with Crippen LogP contribution in [0.1, 0.15) is 13.3 Å². The van der Waals surface area contributed by atoms with Crippen LogP contribution in [0.5, 0.6) is 0 Å². The van der Waals surface area contributed by atoms with Gasteiger partial charge in [-0.05, 0) is 13.3 Å². The molecule has 2 heterocycles.